The average molecular weight is 404 g/mol. The van der Waals surface area contributed by atoms with E-state index < -0.39 is 0 Å². The molecule has 0 aliphatic carbocycles. The van der Waals surface area contributed by atoms with Crippen LogP contribution in [0.4, 0.5) is 5.69 Å². The number of para-hydroxylation sites is 1. The van der Waals surface area contributed by atoms with E-state index in [1.807, 2.05) is 41.9 Å². The molecular weight excluding hydrogens is 382 g/mol. The summed E-state index contributed by atoms with van der Waals surface area (Å²) in [5.74, 6) is 0.188. The Morgan fingerprint density at radius 2 is 1.90 bits per heavy atom. The number of benzene rings is 2. The van der Waals surface area contributed by atoms with Gasteiger partial charge in [0.1, 0.15) is 11.4 Å². The van der Waals surface area contributed by atoms with E-state index in [9.17, 15) is 4.79 Å². The first-order chi connectivity index (χ1) is 14.0. The van der Waals surface area contributed by atoms with Crippen molar-refractivity contribution in [1.29, 1.82) is 0 Å². The lowest BCUT2D eigenvalue weighted by Crippen LogP contribution is -2.14. The molecule has 146 valence electrons. The van der Waals surface area contributed by atoms with Crippen LogP contribution >= 0.6 is 11.8 Å². The average Bonchev–Trinajstić information content (AvgIpc) is 3.13. The summed E-state index contributed by atoms with van der Waals surface area (Å²) in [5.41, 5.74) is 5.90. The molecule has 0 aliphatic heterocycles. The first-order valence-electron chi connectivity index (χ1n) is 9.27. The molecule has 6 nitrogen and oxygen atoms in total. The Labute approximate surface area is 173 Å². The Morgan fingerprint density at radius 1 is 1.07 bits per heavy atom. The Bertz CT molecular complexity index is 1200. The highest BCUT2D eigenvalue weighted by molar-refractivity contribution is 8.00. The van der Waals surface area contributed by atoms with Crippen molar-refractivity contribution in [1.82, 2.24) is 19.7 Å². The number of hydrogen-bond acceptors (Lipinski definition) is 5. The summed E-state index contributed by atoms with van der Waals surface area (Å²) < 4.78 is 1.82. The topological polar surface area (TPSA) is 72.7 Å². The first-order valence-corrected chi connectivity index (χ1v) is 10.3. The molecule has 2 aromatic carbocycles. The Kier molecular flexibility index (Phi) is 5.31. The van der Waals surface area contributed by atoms with Crippen LogP contribution in [0.1, 0.15) is 16.7 Å². The van der Waals surface area contributed by atoms with Gasteiger partial charge in [-0.05, 0) is 44.0 Å². The second-order valence-corrected chi connectivity index (χ2v) is 7.88. The van der Waals surface area contributed by atoms with Crippen LogP contribution in [0.25, 0.3) is 16.7 Å². The van der Waals surface area contributed by atoms with Gasteiger partial charge >= 0.3 is 0 Å². The standard InChI is InChI=1S/C22H21N5OS/c1-14-8-9-19(16(3)10-14)27-21-17(11-25-27)22(24-13-23-21)29-12-20(28)26-18-7-5-4-6-15(18)2/h4-11,13H,12H2,1-3H3,(H,26,28). The number of aryl methyl sites for hydroxylation is 3. The summed E-state index contributed by atoms with van der Waals surface area (Å²) in [7, 11) is 0. The minimum atomic E-state index is -0.0715. The number of rotatable bonds is 5. The molecule has 4 rings (SSSR count). The lowest BCUT2D eigenvalue weighted by atomic mass is 10.1. The number of thioether (sulfide) groups is 1. The molecule has 1 amide bonds. The Hall–Kier alpha value is -3.19. The van der Waals surface area contributed by atoms with Crippen molar-refractivity contribution in [2.75, 3.05) is 11.1 Å². The zero-order chi connectivity index (χ0) is 20.4. The third-order valence-corrected chi connectivity index (χ3v) is 5.67. The Morgan fingerprint density at radius 3 is 2.69 bits per heavy atom. The quantitative estimate of drug-likeness (QED) is 0.393. The van der Waals surface area contributed by atoms with E-state index in [1.54, 1.807) is 6.20 Å². The fourth-order valence-corrected chi connectivity index (χ4v) is 3.95. The van der Waals surface area contributed by atoms with Crippen molar-refractivity contribution < 1.29 is 4.79 Å². The summed E-state index contributed by atoms with van der Waals surface area (Å²) >= 11 is 1.38. The number of anilines is 1. The monoisotopic (exact) mass is 403 g/mol. The number of hydrogen-bond donors (Lipinski definition) is 1. The maximum absolute atomic E-state index is 12.4. The number of aromatic nitrogens is 4. The van der Waals surface area contributed by atoms with Gasteiger partial charge in [-0.15, -0.1) is 0 Å². The largest absolute Gasteiger partial charge is 0.325 e. The highest BCUT2D eigenvalue weighted by Gasteiger charge is 2.14. The summed E-state index contributed by atoms with van der Waals surface area (Å²) in [4.78, 5) is 21.2. The smallest absolute Gasteiger partial charge is 0.234 e. The van der Waals surface area contributed by atoms with E-state index in [-0.39, 0.29) is 11.7 Å². The van der Waals surface area contributed by atoms with Gasteiger partial charge < -0.3 is 5.32 Å². The molecule has 0 spiro atoms. The lowest BCUT2D eigenvalue weighted by molar-refractivity contribution is -0.113. The van der Waals surface area contributed by atoms with Crippen molar-refractivity contribution in [3.63, 3.8) is 0 Å². The molecule has 2 aromatic heterocycles. The molecule has 0 radical (unpaired) electrons. The molecule has 0 aliphatic rings. The van der Waals surface area contributed by atoms with Gasteiger partial charge in [-0.25, -0.2) is 14.6 Å². The SMILES string of the molecule is Cc1ccc(-n2ncc3c(SCC(=O)Nc4ccccc4C)ncnc32)c(C)c1. The molecule has 0 atom stereocenters. The van der Waals surface area contributed by atoms with Crippen molar-refractivity contribution in [2.24, 2.45) is 0 Å². The van der Waals surface area contributed by atoms with Crippen molar-refractivity contribution >= 4 is 34.4 Å². The number of carbonyl (C=O) groups is 1. The van der Waals surface area contributed by atoms with Crippen molar-refractivity contribution in [3.05, 3.63) is 71.7 Å². The summed E-state index contributed by atoms with van der Waals surface area (Å²) in [6, 6.07) is 13.9. The van der Waals surface area contributed by atoms with Crippen LogP contribution in [0, 0.1) is 20.8 Å². The highest BCUT2D eigenvalue weighted by atomic mass is 32.2. The predicted molar refractivity (Wildman–Crippen MR) is 117 cm³/mol. The fourth-order valence-electron chi connectivity index (χ4n) is 3.19. The van der Waals surface area contributed by atoms with Crippen LogP contribution in [0.15, 0.2) is 60.0 Å². The third-order valence-electron chi connectivity index (χ3n) is 4.67. The van der Waals surface area contributed by atoms with Gasteiger partial charge in [0.2, 0.25) is 5.91 Å². The van der Waals surface area contributed by atoms with Crippen LogP contribution in [-0.2, 0) is 4.79 Å². The minimum Gasteiger partial charge on any atom is -0.325 e. The van der Waals surface area contributed by atoms with Crippen LogP contribution in [0.5, 0.6) is 0 Å². The second kappa shape index (κ2) is 8.05. The maximum Gasteiger partial charge on any atom is 0.234 e. The molecule has 0 bridgehead atoms. The van der Waals surface area contributed by atoms with E-state index >= 15 is 0 Å². The number of fused-ring (bicyclic) bond motifs is 1. The fraction of sp³-hybridized carbons (Fsp3) is 0.182. The van der Waals surface area contributed by atoms with E-state index in [0.29, 0.717) is 0 Å². The van der Waals surface area contributed by atoms with Gasteiger partial charge in [0.05, 0.1) is 23.0 Å². The molecule has 0 saturated heterocycles. The lowest BCUT2D eigenvalue weighted by Gasteiger charge is -2.09. The number of carbonyl (C=O) groups excluding carboxylic acids is 1. The molecule has 4 aromatic rings. The molecule has 29 heavy (non-hydrogen) atoms. The number of nitrogens with zero attached hydrogens (tertiary/aromatic N) is 4. The predicted octanol–water partition coefficient (Wildman–Crippen LogP) is 4.47. The van der Waals surface area contributed by atoms with E-state index in [4.69, 9.17) is 0 Å². The summed E-state index contributed by atoms with van der Waals surface area (Å²) in [5, 5.41) is 9.05. The van der Waals surface area contributed by atoms with Gasteiger partial charge in [-0.2, -0.15) is 5.10 Å². The summed E-state index contributed by atoms with van der Waals surface area (Å²) in [6.07, 6.45) is 3.28. The van der Waals surface area contributed by atoms with Crippen molar-refractivity contribution in [3.8, 4) is 5.69 Å². The highest BCUT2D eigenvalue weighted by Crippen LogP contribution is 2.27. The normalized spacial score (nSPS) is 11.0. The van der Waals surface area contributed by atoms with E-state index in [1.165, 1.54) is 23.7 Å². The van der Waals surface area contributed by atoms with Crippen LogP contribution < -0.4 is 5.32 Å². The van der Waals surface area contributed by atoms with Gasteiger partial charge in [-0.3, -0.25) is 4.79 Å². The molecule has 2 heterocycles. The van der Waals surface area contributed by atoms with E-state index in [2.05, 4.69) is 46.4 Å². The number of nitrogens with one attached hydrogen (secondary N) is 1. The zero-order valence-corrected chi connectivity index (χ0v) is 17.3. The molecule has 1 N–H and O–H groups in total. The van der Waals surface area contributed by atoms with Crippen molar-refractivity contribution in [2.45, 2.75) is 25.8 Å². The van der Waals surface area contributed by atoms with Crippen LogP contribution in [-0.4, -0.2) is 31.4 Å². The third kappa shape index (κ3) is 4.00. The van der Waals surface area contributed by atoms with Crippen LogP contribution in [0.2, 0.25) is 0 Å². The Balaban J connectivity index is 1.55. The van der Waals surface area contributed by atoms with Crippen LogP contribution in [0.3, 0.4) is 0 Å². The van der Waals surface area contributed by atoms with Gasteiger partial charge in [0, 0.05) is 5.69 Å². The van der Waals surface area contributed by atoms with Gasteiger partial charge in [-0.1, -0.05) is 47.7 Å². The second-order valence-electron chi connectivity index (χ2n) is 6.91. The summed E-state index contributed by atoms with van der Waals surface area (Å²) in [6.45, 7) is 6.09. The maximum atomic E-state index is 12.4. The molecule has 0 unspecified atom stereocenters. The van der Waals surface area contributed by atoms with Gasteiger partial charge in [0.25, 0.3) is 0 Å². The molecule has 0 saturated carbocycles. The van der Waals surface area contributed by atoms with Gasteiger partial charge in [0.15, 0.2) is 5.65 Å². The molecular formula is C22H21N5OS. The first kappa shape index (κ1) is 19.1. The van der Waals surface area contributed by atoms with E-state index in [0.717, 1.165) is 38.6 Å². The molecule has 0 fully saturated rings. The zero-order valence-electron chi connectivity index (χ0n) is 16.5. The number of amides is 1. The molecule has 7 heteroatoms. The minimum absolute atomic E-state index is 0.0715.